The average molecular weight is 298 g/mol. The molecule has 0 saturated heterocycles. The molecule has 3 heterocycles. The van der Waals surface area contributed by atoms with E-state index in [2.05, 4.69) is 42.1 Å². The fourth-order valence-electron chi connectivity index (χ4n) is 2.43. The number of nitrogens with one attached hydrogen (secondary N) is 1. The van der Waals surface area contributed by atoms with Crippen LogP contribution in [0.5, 0.6) is 0 Å². The predicted octanol–water partition coefficient (Wildman–Crippen LogP) is 4.12. The SMILES string of the molecule is Cc1cc(C(C)Nc2ccc(-n3ccnc3)nc2)c(C)s1. The molecule has 1 atom stereocenters. The maximum absolute atomic E-state index is 4.46. The lowest BCUT2D eigenvalue weighted by Gasteiger charge is -2.15. The van der Waals surface area contributed by atoms with Crippen LogP contribution in [-0.4, -0.2) is 14.5 Å². The van der Waals surface area contributed by atoms with Crippen molar-refractivity contribution >= 4 is 17.0 Å². The minimum Gasteiger partial charge on any atom is -0.377 e. The van der Waals surface area contributed by atoms with E-state index >= 15 is 0 Å². The van der Waals surface area contributed by atoms with Gasteiger partial charge in [-0.25, -0.2) is 9.97 Å². The Bertz CT molecular complexity index is 713. The standard InChI is InChI=1S/C16H18N4S/c1-11-8-15(13(3)21-11)12(2)19-14-4-5-16(18-9-14)20-7-6-17-10-20/h4-10,12,19H,1-3H3. The summed E-state index contributed by atoms with van der Waals surface area (Å²) in [6.07, 6.45) is 7.24. The maximum Gasteiger partial charge on any atom is 0.137 e. The lowest BCUT2D eigenvalue weighted by molar-refractivity contribution is 0.878. The summed E-state index contributed by atoms with van der Waals surface area (Å²) in [6.45, 7) is 6.50. The summed E-state index contributed by atoms with van der Waals surface area (Å²) >= 11 is 1.84. The van der Waals surface area contributed by atoms with E-state index in [1.165, 1.54) is 15.3 Å². The molecule has 0 aliphatic carbocycles. The van der Waals surface area contributed by atoms with Crippen molar-refractivity contribution in [1.29, 1.82) is 0 Å². The van der Waals surface area contributed by atoms with Gasteiger partial charge in [0.1, 0.15) is 12.1 Å². The molecule has 1 unspecified atom stereocenters. The average Bonchev–Trinajstić information content (AvgIpc) is 3.09. The number of imidazole rings is 1. The molecule has 0 aliphatic rings. The van der Waals surface area contributed by atoms with E-state index < -0.39 is 0 Å². The van der Waals surface area contributed by atoms with E-state index in [0.717, 1.165) is 11.5 Å². The van der Waals surface area contributed by atoms with Crippen molar-refractivity contribution in [2.45, 2.75) is 26.8 Å². The van der Waals surface area contributed by atoms with Crippen LogP contribution in [0.15, 0.2) is 43.1 Å². The fraction of sp³-hybridized carbons (Fsp3) is 0.250. The smallest absolute Gasteiger partial charge is 0.137 e. The van der Waals surface area contributed by atoms with Gasteiger partial charge in [0, 0.05) is 28.2 Å². The summed E-state index contributed by atoms with van der Waals surface area (Å²) < 4.78 is 1.89. The molecular weight excluding hydrogens is 280 g/mol. The molecule has 0 aliphatic heterocycles. The topological polar surface area (TPSA) is 42.7 Å². The van der Waals surface area contributed by atoms with Gasteiger partial charge < -0.3 is 5.32 Å². The normalized spacial score (nSPS) is 12.3. The molecule has 0 aromatic carbocycles. The Hall–Kier alpha value is -2.14. The molecule has 0 fully saturated rings. The number of hydrogen-bond donors (Lipinski definition) is 1. The van der Waals surface area contributed by atoms with Gasteiger partial charge in [-0.2, -0.15) is 0 Å². The van der Waals surface area contributed by atoms with Crippen molar-refractivity contribution in [3.05, 3.63) is 58.4 Å². The number of hydrogen-bond acceptors (Lipinski definition) is 4. The second-order valence-electron chi connectivity index (χ2n) is 5.11. The van der Waals surface area contributed by atoms with Crippen molar-refractivity contribution in [3.63, 3.8) is 0 Å². The summed E-state index contributed by atoms with van der Waals surface area (Å²) in [6, 6.07) is 6.57. The molecule has 0 amide bonds. The monoisotopic (exact) mass is 298 g/mol. The van der Waals surface area contributed by atoms with E-state index in [9.17, 15) is 0 Å². The zero-order valence-corrected chi connectivity index (χ0v) is 13.2. The molecule has 5 heteroatoms. The Kier molecular flexibility index (Phi) is 3.75. The Morgan fingerprint density at radius 3 is 2.71 bits per heavy atom. The van der Waals surface area contributed by atoms with E-state index in [1.807, 2.05) is 40.4 Å². The van der Waals surface area contributed by atoms with E-state index in [1.54, 1.807) is 12.5 Å². The molecule has 21 heavy (non-hydrogen) atoms. The first-order valence-electron chi connectivity index (χ1n) is 6.91. The zero-order valence-electron chi connectivity index (χ0n) is 12.4. The number of thiophene rings is 1. The third-order valence-corrected chi connectivity index (χ3v) is 4.43. The Balaban J connectivity index is 1.74. The first-order valence-corrected chi connectivity index (χ1v) is 7.73. The van der Waals surface area contributed by atoms with Crippen LogP contribution in [0, 0.1) is 13.8 Å². The summed E-state index contributed by atoms with van der Waals surface area (Å²) in [7, 11) is 0. The number of aromatic nitrogens is 3. The number of aryl methyl sites for hydroxylation is 2. The van der Waals surface area contributed by atoms with Gasteiger partial charge >= 0.3 is 0 Å². The minimum atomic E-state index is 0.274. The third kappa shape index (κ3) is 2.97. The number of pyridine rings is 1. The highest BCUT2D eigenvalue weighted by Gasteiger charge is 2.11. The molecule has 0 saturated carbocycles. The van der Waals surface area contributed by atoms with Crippen molar-refractivity contribution in [3.8, 4) is 5.82 Å². The molecule has 3 aromatic heterocycles. The molecule has 0 spiro atoms. The summed E-state index contributed by atoms with van der Waals surface area (Å²) in [5.41, 5.74) is 2.38. The van der Waals surface area contributed by atoms with Crippen LogP contribution >= 0.6 is 11.3 Å². The lowest BCUT2D eigenvalue weighted by Crippen LogP contribution is -2.07. The molecule has 1 N–H and O–H groups in total. The van der Waals surface area contributed by atoms with Crippen LogP contribution in [0.3, 0.4) is 0 Å². The Labute approximate surface area is 128 Å². The van der Waals surface area contributed by atoms with Crippen molar-refractivity contribution in [2.24, 2.45) is 0 Å². The van der Waals surface area contributed by atoms with E-state index in [-0.39, 0.29) is 6.04 Å². The molecule has 3 aromatic rings. The zero-order chi connectivity index (χ0) is 14.8. The van der Waals surface area contributed by atoms with E-state index in [4.69, 9.17) is 0 Å². The van der Waals surface area contributed by atoms with Crippen LogP contribution in [0.25, 0.3) is 5.82 Å². The lowest BCUT2D eigenvalue weighted by atomic mass is 10.1. The highest BCUT2D eigenvalue weighted by atomic mass is 32.1. The van der Waals surface area contributed by atoms with Gasteiger partial charge in [-0.3, -0.25) is 4.57 Å². The predicted molar refractivity (Wildman–Crippen MR) is 87.2 cm³/mol. The van der Waals surface area contributed by atoms with Crippen molar-refractivity contribution in [2.75, 3.05) is 5.32 Å². The van der Waals surface area contributed by atoms with Crippen LogP contribution in [0.4, 0.5) is 5.69 Å². The van der Waals surface area contributed by atoms with Crippen LogP contribution in [0.1, 0.15) is 28.3 Å². The minimum absolute atomic E-state index is 0.274. The highest BCUT2D eigenvalue weighted by molar-refractivity contribution is 7.12. The number of anilines is 1. The van der Waals surface area contributed by atoms with Gasteiger partial charge in [0.2, 0.25) is 0 Å². The molecule has 0 bridgehead atoms. The largest absolute Gasteiger partial charge is 0.377 e. The van der Waals surface area contributed by atoms with Gasteiger partial charge in [0.25, 0.3) is 0 Å². The highest BCUT2D eigenvalue weighted by Crippen LogP contribution is 2.28. The summed E-state index contributed by atoms with van der Waals surface area (Å²) in [5.74, 6) is 0.869. The van der Waals surface area contributed by atoms with Gasteiger partial charge in [0.05, 0.1) is 11.9 Å². The Morgan fingerprint density at radius 1 is 1.29 bits per heavy atom. The van der Waals surface area contributed by atoms with Crippen molar-refractivity contribution < 1.29 is 0 Å². The van der Waals surface area contributed by atoms with Crippen LogP contribution in [-0.2, 0) is 0 Å². The second kappa shape index (κ2) is 5.69. The number of nitrogens with zero attached hydrogens (tertiary/aromatic N) is 3. The quantitative estimate of drug-likeness (QED) is 0.788. The third-order valence-electron chi connectivity index (χ3n) is 3.45. The first-order chi connectivity index (χ1) is 10.1. The van der Waals surface area contributed by atoms with Gasteiger partial charge in [0.15, 0.2) is 0 Å². The summed E-state index contributed by atoms with van der Waals surface area (Å²) in [5, 5.41) is 3.50. The van der Waals surface area contributed by atoms with E-state index in [0.29, 0.717) is 0 Å². The number of rotatable bonds is 4. The molecular formula is C16H18N4S. The maximum atomic E-state index is 4.46. The van der Waals surface area contributed by atoms with Gasteiger partial charge in [-0.15, -0.1) is 11.3 Å². The first kappa shape index (κ1) is 13.8. The molecule has 0 radical (unpaired) electrons. The van der Waals surface area contributed by atoms with Crippen LogP contribution < -0.4 is 5.32 Å². The Morgan fingerprint density at radius 2 is 2.14 bits per heavy atom. The molecule has 108 valence electrons. The fourth-order valence-corrected chi connectivity index (χ4v) is 3.45. The second-order valence-corrected chi connectivity index (χ2v) is 6.57. The molecule has 3 rings (SSSR count). The van der Waals surface area contributed by atoms with Crippen LogP contribution in [0.2, 0.25) is 0 Å². The van der Waals surface area contributed by atoms with Gasteiger partial charge in [-0.05, 0) is 44.5 Å². The van der Waals surface area contributed by atoms with Crippen molar-refractivity contribution in [1.82, 2.24) is 14.5 Å². The molecule has 4 nitrogen and oxygen atoms in total. The summed E-state index contributed by atoms with van der Waals surface area (Å²) in [4.78, 5) is 11.2. The van der Waals surface area contributed by atoms with Gasteiger partial charge in [-0.1, -0.05) is 0 Å².